The molecule has 14 heavy (non-hydrogen) atoms. The van der Waals surface area contributed by atoms with Gasteiger partial charge < -0.3 is 5.32 Å². The van der Waals surface area contributed by atoms with E-state index in [2.05, 4.69) is 35.1 Å². The quantitative estimate of drug-likeness (QED) is 0.827. The molecule has 0 aliphatic carbocycles. The maximum Gasteiger partial charge on any atom is 0.235 e. The van der Waals surface area contributed by atoms with Crippen LogP contribution in [-0.2, 0) is 4.79 Å². The molecule has 0 spiro atoms. The van der Waals surface area contributed by atoms with E-state index in [1.165, 1.54) is 5.56 Å². The van der Waals surface area contributed by atoms with Gasteiger partial charge >= 0.3 is 0 Å². The van der Waals surface area contributed by atoms with Crippen molar-refractivity contribution in [1.29, 1.82) is 0 Å². The van der Waals surface area contributed by atoms with Crippen molar-refractivity contribution in [2.45, 2.75) is 19.8 Å². The van der Waals surface area contributed by atoms with Crippen LogP contribution in [0.1, 0.15) is 25.3 Å². The highest BCUT2D eigenvalue weighted by molar-refractivity contribution is 9.09. The number of alkyl halides is 1. The van der Waals surface area contributed by atoms with E-state index in [1.54, 1.807) is 0 Å². The molecule has 0 aliphatic rings. The molecule has 1 amide bonds. The smallest absolute Gasteiger partial charge is 0.235 e. The lowest BCUT2D eigenvalue weighted by Crippen LogP contribution is -2.12. The van der Waals surface area contributed by atoms with Crippen LogP contribution in [-0.4, -0.2) is 11.2 Å². The molecule has 0 aromatic heterocycles. The lowest BCUT2D eigenvalue weighted by molar-refractivity contribution is -0.113. The minimum Gasteiger partial charge on any atom is -0.325 e. The standard InChI is InChI=1S/C11H14BrNO/c1-8(2)9-3-5-10(6-4-9)13-11(14)7-12/h3-6,8H,7H2,1-2H3,(H,13,14). The monoisotopic (exact) mass is 255 g/mol. The average molecular weight is 256 g/mol. The van der Waals surface area contributed by atoms with Crippen LogP contribution in [0.4, 0.5) is 5.69 Å². The van der Waals surface area contributed by atoms with Gasteiger partial charge in [-0.25, -0.2) is 0 Å². The van der Waals surface area contributed by atoms with Gasteiger partial charge in [-0.1, -0.05) is 41.9 Å². The van der Waals surface area contributed by atoms with Gasteiger partial charge in [-0.05, 0) is 23.6 Å². The number of rotatable bonds is 3. The van der Waals surface area contributed by atoms with E-state index >= 15 is 0 Å². The Morgan fingerprint density at radius 2 is 1.93 bits per heavy atom. The minimum absolute atomic E-state index is 0.0257. The van der Waals surface area contributed by atoms with E-state index in [1.807, 2.05) is 24.3 Å². The first kappa shape index (κ1) is 11.2. The predicted octanol–water partition coefficient (Wildman–Crippen LogP) is 3.14. The van der Waals surface area contributed by atoms with Crippen LogP contribution in [0.2, 0.25) is 0 Å². The summed E-state index contributed by atoms with van der Waals surface area (Å²) in [7, 11) is 0. The number of benzene rings is 1. The summed E-state index contributed by atoms with van der Waals surface area (Å²) in [4.78, 5) is 11.0. The van der Waals surface area contributed by atoms with Crippen LogP contribution >= 0.6 is 15.9 Å². The number of hydrogen-bond donors (Lipinski definition) is 1. The number of carbonyl (C=O) groups is 1. The fourth-order valence-corrected chi connectivity index (χ4v) is 1.29. The van der Waals surface area contributed by atoms with Crippen molar-refractivity contribution in [2.24, 2.45) is 0 Å². The first-order valence-corrected chi connectivity index (χ1v) is 5.71. The highest BCUT2D eigenvalue weighted by Gasteiger charge is 2.01. The van der Waals surface area contributed by atoms with Gasteiger partial charge in [-0.3, -0.25) is 4.79 Å². The summed E-state index contributed by atoms with van der Waals surface area (Å²) in [5, 5.41) is 3.10. The zero-order chi connectivity index (χ0) is 10.6. The van der Waals surface area contributed by atoms with E-state index in [9.17, 15) is 4.79 Å². The Bertz CT molecular complexity index is 306. The first-order chi connectivity index (χ1) is 6.63. The molecular weight excluding hydrogens is 242 g/mol. The Morgan fingerprint density at radius 1 is 1.36 bits per heavy atom. The fraction of sp³-hybridized carbons (Fsp3) is 0.364. The summed E-state index contributed by atoms with van der Waals surface area (Å²) >= 11 is 3.10. The molecule has 1 aromatic carbocycles. The molecule has 0 saturated carbocycles. The normalized spacial score (nSPS) is 10.3. The maximum atomic E-state index is 11.0. The maximum absolute atomic E-state index is 11.0. The van der Waals surface area contributed by atoms with Gasteiger partial charge in [0.25, 0.3) is 0 Å². The molecule has 0 saturated heterocycles. The van der Waals surface area contributed by atoms with Crippen molar-refractivity contribution < 1.29 is 4.79 Å². The molecular formula is C11H14BrNO. The van der Waals surface area contributed by atoms with Gasteiger partial charge in [0.2, 0.25) is 5.91 Å². The third-order valence-corrected chi connectivity index (χ3v) is 2.49. The van der Waals surface area contributed by atoms with Crippen molar-refractivity contribution >= 4 is 27.5 Å². The zero-order valence-corrected chi connectivity index (χ0v) is 9.97. The Morgan fingerprint density at radius 3 is 2.36 bits per heavy atom. The molecule has 0 radical (unpaired) electrons. The number of nitrogens with one attached hydrogen (secondary N) is 1. The summed E-state index contributed by atoms with van der Waals surface area (Å²) in [6, 6.07) is 7.93. The van der Waals surface area contributed by atoms with Crippen LogP contribution in [0.15, 0.2) is 24.3 Å². The van der Waals surface area contributed by atoms with Gasteiger partial charge in [-0.2, -0.15) is 0 Å². The van der Waals surface area contributed by atoms with Crippen LogP contribution in [0.5, 0.6) is 0 Å². The highest BCUT2D eigenvalue weighted by atomic mass is 79.9. The van der Waals surface area contributed by atoms with Crippen molar-refractivity contribution in [3.8, 4) is 0 Å². The topological polar surface area (TPSA) is 29.1 Å². The predicted molar refractivity (Wildman–Crippen MR) is 63.0 cm³/mol. The summed E-state index contributed by atoms with van der Waals surface area (Å²) < 4.78 is 0. The van der Waals surface area contributed by atoms with Crippen molar-refractivity contribution in [1.82, 2.24) is 0 Å². The summed E-state index contributed by atoms with van der Waals surface area (Å²) in [6.07, 6.45) is 0. The number of amides is 1. The Hall–Kier alpha value is -0.830. The SMILES string of the molecule is CC(C)c1ccc(NC(=O)CBr)cc1. The van der Waals surface area contributed by atoms with Crippen LogP contribution in [0, 0.1) is 0 Å². The third-order valence-electron chi connectivity index (χ3n) is 1.98. The Balaban J connectivity index is 2.69. The molecule has 0 fully saturated rings. The molecule has 0 unspecified atom stereocenters. The number of carbonyl (C=O) groups excluding carboxylic acids is 1. The molecule has 2 nitrogen and oxygen atoms in total. The summed E-state index contributed by atoms with van der Waals surface area (Å²) in [5.74, 6) is 0.498. The van der Waals surface area contributed by atoms with Gasteiger partial charge in [0.15, 0.2) is 0 Å². The lowest BCUT2D eigenvalue weighted by Gasteiger charge is -2.07. The number of anilines is 1. The fourth-order valence-electron chi connectivity index (χ4n) is 1.15. The van der Waals surface area contributed by atoms with Gasteiger partial charge in [0.05, 0.1) is 5.33 Å². The molecule has 0 bridgehead atoms. The molecule has 0 heterocycles. The van der Waals surface area contributed by atoms with Gasteiger partial charge in [-0.15, -0.1) is 0 Å². The van der Waals surface area contributed by atoms with Crippen LogP contribution < -0.4 is 5.32 Å². The second kappa shape index (κ2) is 5.15. The van der Waals surface area contributed by atoms with Crippen molar-refractivity contribution in [2.75, 3.05) is 10.6 Å². The first-order valence-electron chi connectivity index (χ1n) is 4.59. The van der Waals surface area contributed by atoms with E-state index in [0.717, 1.165) is 5.69 Å². The molecule has 3 heteroatoms. The third kappa shape index (κ3) is 3.14. The number of hydrogen-bond acceptors (Lipinski definition) is 1. The number of halogens is 1. The molecule has 1 rings (SSSR count). The minimum atomic E-state index is -0.0257. The van der Waals surface area contributed by atoms with Crippen molar-refractivity contribution in [3.63, 3.8) is 0 Å². The van der Waals surface area contributed by atoms with Crippen LogP contribution in [0.25, 0.3) is 0 Å². The molecule has 0 aliphatic heterocycles. The summed E-state index contributed by atoms with van der Waals surface area (Å²) in [5.41, 5.74) is 2.13. The molecule has 1 N–H and O–H groups in total. The summed E-state index contributed by atoms with van der Waals surface area (Å²) in [6.45, 7) is 4.29. The Labute approximate surface area is 92.8 Å². The second-order valence-electron chi connectivity index (χ2n) is 3.46. The van der Waals surface area contributed by atoms with Gasteiger partial charge in [0.1, 0.15) is 0 Å². The molecule has 76 valence electrons. The highest BCUT2D eigenvalue weighted by Crippen LogP contribution is 2.16. The molecule has 0 atom stereocenters. The zero-order valence-electron chi connectivity index (χ0n) is 8.38. The van der Waals surface area contributed by atoms with E-state index in [0.29, 0.717) is 11.2 Å². The average Bonchev–Trinajstić information content (AvgIpc) is 2.18. The lowest BCUT2D eigenvalue weighted by atomic mass is 10.0. The van der Waals surface area contributed by atoms with E-state index in [4.69, 9.17) is 0 Å². The van der Waals surface area contributed by atoms with E-state index < -0.39 is 0 Å². The largest absolute Gasteiger partial charge is 0.325 e. The molecule has 1 aromatic rings. The second-order valence-corrected chi connectivity index (χ2v) is 4.02. The van der Waals surface area contributed by atoms with Crippen molar-refractivity contribution in [3.05, 3.63) is 29.8 Å². The van der Waals surface area contributed by atoms with E-state index in [-0.39, 0.29) is 5.91 Å². The Kier molecular flexibility index (Phi) is 4.14. The van der Waals surface area contributed by atoms with Gasteiger partial charge in [0, 0.05) is 5.69 Å². The van der Waals surface area contributed by atoms with Crippen LogP contribution in [0.3, 0.4) is 0 Å².